The fraction of sp³-hybridized carbons (Fsp3) is 0.286. The predicted molar refractivity (Wildman–Crippen MR) is 106 cm³/mol. The van der Waals surface area contributed by atoms with Gasteiger partial charge in [0.05, 0.1) is 0 Å². The van der Waals surface area contributed by atoms with Gasteiger partial charge in [0.2, 0.25) is 17.6 Å². The maximum Gasteiger partial charge on any atom is 0.227 e. The van der Waals surface area contributed by atoms with E-state index < -0.39 is 0 Å². The smallest absolute Gasteiger partial charge is 0.227 e. The Balaban J connectivity index is 1.38. The van der Waals surface area contributed by atoms with Crippen LogP contribution in [-0.2, 0) is 17.8 Å². The van der Waals surface area contributed by atoms with Gasteiger partial charge in [-0.05, 0) is 30.5 Å². The zero-order valence-electron chi connectivity index (χ0n) is 14.8. The van der Waals surface area contributed by atoms with E-state index in [-0.39, 0.29) is 5.91 Å². The van der Waals surface area contributed by atoms with E-state index in [0.717, 1.165) is 28.4 Å². The lowest BCUT2D eigenvalue weighted by molar-refractivity contribution is -0.132. The Hall–Kier alpha value is -2.47. The molecule has 1 heterocycles. The number of aromatic nitrogens is 2. The Bertz CT molecular complexity index is 922. The summed E-state index contributed by atoms with van der Waals surface area (Å²) in [5.41, 5.74) is 2.04. The van der Waals surface area contributed by atoms with E-state index in [2.05, 4.69) is 38.2 Å². The minimum atomic E-state index is 0.136. The number of amides is 1. The summed E-state index contributed by atoms with van der Waals surface area (Å²) >= 11 is 3.49. The van der Waals surface area contributed by atoms with Crippen LogP contribution >= 0.6 is 15.9 Å². The molecule has 1 aliphatic rings. The molecule has 1 aliphatic carbocycles. The van der Waals surface area contributed by atoms with Gasteiger partial charge in [-0.3, -0.25) is 4.79 Å². The summed E-state index contributed by atoms with van der Waals surface area (Å²) in [5, 5.41) is 4.02. The van der Waals surface area contributed by atoms with Crippen molar-refractivity contribution in [2.75, 3.05) is 0 Å². The molecule has 4 rings (SSSR count). The number of carbonyl (C=O) groups excluding carboxylic acids is 1. The first-order valence-electron chi connectivity index (χ1n) is 9.11. The first-order chi connectivity index (χ1) is 13.2. The summed E-state index contributed by atoms with van der Waals surface area (Å²) in [6.07, 6.45) is 3.00. The fourth-order valence-corrected chi connectivity index (χ4v) is 3.50. The van der Waals surface area contributed by atoms with Crippen molar-refractivity contribution in [3.05, 3.63) is 70.5 Å². The van der Waals surface area contributed by atoms with Crippen molar-refractivity contribution in [1.82, 2.24) is 15.0 Å². The molecule has 0 N–H and O–H groups in total. The molecular formula is C21H20BrN3O2. The molecule has 1 aromatic heterocycles. The lowest BCUT2D eigenvalue weighted by Gasteiger charge is -2.22. The van der Waals surface area contributed by atoms with E-state index in [0.29, 0.717) is 37.1 Å². The summed E-state index contributed by atoms with van der Waals surface area (Å²) in [6.45, 7) is 0.641. The Labute approximate surface area is 166 Å². The van der Waals surface area contributed by atoms with Crippen molar-refractivity contribution in [3.8, 4) is 11.4 Å². The van der Waals surface area contributed by atoms with Crippen LogP contribution in [0.15, 0.2) is 63.6 Å². The maximum atomic E-state index is 12.8. The largest absolute Gasteiger partial charge is 0.339 e. The molecule has 0 saturated heterocycles. The second-order valence-corrected chi connectivity index (χ2v) is 7.68. The topological polar surface area (TPSA) is 59.2 Å². The van der Waals surface area contributed by atoms with E-state index in [1.807, 2.05) is 47.4 Å². The van der Waals surface area contributed by atoms with Gasteiger partial charge in [0, 0.05) is 35.5 Å². The number of nitrogens with zero attached hydrogens (tertiary/aromatic N) is 3. The van der Waals surface area contributed by atoms with Gasteiger partial charge < -0.3 is 9.42 Å². The van der Waals surface area contributed by atoms with Crippen LogP contribution in [0.2, 0.25) is 0 Å². The van der Waals surface area contributed by atoms with Gasteiger partial charge in [-0.1, -0.05) is 63.6 Å². The molecule has 0 bridgehead atoms. The van der Waals surface area contributed by atoms with E-state index >= 15 is 0 Å². The molecule has 0 unspecified atom stereocenters. The third kappa shape index (κ3) is 4.63. The van der Waals surface area contributed by atoms with E-state index in [4.69, 9.17) is 4.52 Å². The van der Waals surface area contributed by atoms with Crippen molar-refractivity contribution in [2.45, 2.75) is 38.3 Å². The number of hydrogen-bond acceptors (Lipinski definition) is 4. The van der Waals surface area contributed by atoms with Crippen molar-refractivity contribution in [1.29, 1.82) is 0 Å². The second-order valence-electron chi connectivity index (χ2n) is 6.76. The lowest BCUT2D eigenvalue weighted by atomic mass is 10.2. The van der Waals surface area contributed by atoms with Crippen molar-refractivity contribution >= 4 is 21.8 Å². The van der Waals surface area contributed by atoms with Crippen molar-refractivity contribution in [2.24, 2.45) is 0 Å². The molecule has 2 aromatic carbocycles. The van der Waals surface area contributed by atoms with Crippen LogP contribution in [0.1, 0.15) is 30.7 Å². The van der Waals surface area contributed by atoms with E-state index in [9.17, 15) is 4.79 Å². The predicted octanol–water partition coefficient (Wildman–Crippen LogP) is 4.62. The number of aryl methyl sites for hydroxylation is 1. The number of carbonyl (C=O) groups is 1. The van der Waals surface area contributed by atoms with Crippen molar-refractivity contribution < 1.29 is 9.32 Å². The van der Waals surface area contributed by atoms with Gasteiger partial charge in [0.15, 0.2) is 0 Å². The standard InChI is InChI=1S/C21H20BrN3O2/c22-17-8-4-5-15(13-17)14-25(18-9-10-18)20(26)12-11-19-23-21(24-27-19)16-6-2-1-3-7-16/h1-8,13,18H,9-12,14H2. The zero-order chi connectivity index (χ0) is 18.6. The Kier molecular flexibility index (Phi) is 5.34. The highest BCUT2D eigenvalue weighted by molar-refractivity contribution is 9.10. The summed E-state index contributed by atoms with van der Waals surface area (Å²) < 4.78 is 6.35. The van der Waals surface area contributed by atoms with Gasteiger partial charge in [-0.2, -0.15) is 4.98 Å². The number of rotatable bonds is 7. The average molecular weight is 426 g/mol. The number of hydrogen-bond donors (Lipinski definition) is 0. The SMILES string of the molecule is O=C(CCc1nc(-c2ccccc2)no1)N(Cc1cccc(Br)c1)C1CC1. The molecule has 27 heavy (non-hydrogen) atoms. The van der Waals surface area contributed by atoms with Crippen LogP contribution in [0.3, 0.4) is 0 Å². The average Bonchev–Trinajstić information content (AvgIpc) is 3.42. The van der Waals surface area contributed by atoms with Gasteiger partial charge >= 0.3 is 0 Å². The number of halogens is 1. The lowest BCUT2D eigenvalue weighted by Crippen LogP contribution is -2.32. The Morgan fingerprint density at radius 1 is 1.15 bits per heavy atom. The summed E-state index contributed by atoms with van der Waals surface area (Å²) in [5.74, 6) is 1.20. The normalized spacial score (nSPS) is 13.5. The fourth-order valence-electron chi connectivity index (χ4n) is 3.06. The third-order valence-electron chi connectivity index (χ3n) is 4.60. The van der Waals surface area contributed by atoms with Gasteiger partial charge in [0.1, 0.15) is 0 Å². The van der Waals surface area contributed by atoms with Crippen LogP contribution in [0.25, 0.3) is 11.4 Å². The monoisotopic (exact) mass is 425 g/mol. The Morgan fingerprint density at radius 3 is 2.70 bits per heavy atom. The minimum Gasteiger partial charge on any atom is -0.339 e. The second kappa shape index (κ2) is 8.05. The third-order valence-corrected chi connectivity index (χ3v) is 5.10. The molecule has 1 amide bonds. The molecule has 6 heteroatoms. The molecular weight excluding hydrogens is 406 g/mol. The molecule has 3 aromatic rings. The number of benzene rings is 2. The highest BCUT2D eigenvalue weighted by Crippen LogP contribution is 2.29. The molecule has 5 nitrogen and oxygen atoms in total. The zero-order valence-corrected chi connectivity index (χ0v) is 16.4. The van der Waals surface area contributed by atoms with Crippen LogP contribution in [0.5, 0.6) is 0 Å². The minimum absolute atomic E-state index is 0.136. The maximum absolute atomic E-state index is 12.8. The van der Waals surface area contributed by atoms with E-state index in [1.54, 1.807) is 0 Å². The summed E-state index contributed by atoms with van der Waals surface area (Å²) in [7, 11) is 0. The first-order valence-corrected chi connectivity index (χ1v) is 9.90. The highest BCUT2D eigenvalue weighted by atomic mass is 79.9. The summed E-state index contributed by atoms with van der Waals surface area (Å²) in [4.78, 5) is 19.2. The first kappa shape index (κ1) is 17.9. The van der Waals surface area contributed by atoms with Crippen LogP contribution in [-0.4, -0.2) is 27.0 Å². The molecule has 0 atom stereocenters. The van der Waals surface area contributed by atoms with Crippen LogP contribution < -0.4 is 0 Å². The molecule has 0 spiro atoms. The molecule has 138 valence electrons. The van der Waals surface area contributed by atoms with E-state index in [1.165, 1.54) is 0 Å². The summed E-state index contributed by atoms with van der Waals surface area (Å²) in [6, 6.07) is 18.2. The molecule has 1 fully saturated rings. The molecule has 0 radical (unpaired) electrons. The van der Waals surface area contributed by atoms with Gasteiger partial charge in [0.25, 0.3) is 0 Å². The van der Waals surface area contributed by atoms with Gasteiger partial charge in [-0.25, -0.2) is 0 Å². The molecule has 1 saturated carbocycles. The van der Waals surface area contributed by atoms with Crippen LogP contribution in [0.4, 0.5) is 0 Å². The van der Waals surface area contributed by atoms with Crippen LogP contribution in [0, 0.1) is 0 Å². The quantitative estimate of drug-likeness (QED) is 0.553. The van der Waals surface area contributed by atoms with Gasteiger partial charge in [-0.15, -0.1) is 0 Å². The highest BCUT2D eigenvalue weighted by Gasteiger charge is 2.32. The Morgan fingerprint density at radius 2 is 1.96 bits per heavy atom. The van der Waals surface area contributed by atoms with Crippen molar-refractivity contribution in [3.63, 3.8) is 0 Å². The molecule has 0 aliphatic heterocycles.